The summed E-state index contributed by atoms with van der Waals surface area (Å²) in [7, 11) is 0. The lowest BCUT2D eigenvalue weighted by Crippen LogP contribution is -2.04. The maximum atomic E-state index is 6.08. The zero-order valence-electron chi connectivity index (χ0n) is 13.9. The number of ether oxygens (including phenoxy) is 1. The summed E-state index contributed by atoms with van der Waals surface area (Å²) >= 11 is 9.47. The number of hydrogen-bond acceptors (Lipinski definition) is 2. The largest absolute Gasteiger partial charge is 0.489 e. The van der Waals surface area contributed by atoms with Crippen LogP contribution in [0.3, 0.4) is 0 Å². The summed E-state index contributed by atoms with van der Waals surface area (Å²) in [6.45, 7) is 3.33. The van der Waals surface area contributed by atoms with Gasteiger partial charge in [-0.05, 0) is 60.5 Å². The van der Waals surface area contributed by atoms with E-state index in [9.17, 15) is 0 Å². The number of aryl methyl sites for hydroxylation is 1. The molecular weight excluding hydrogens is 398 g/mol. The van der Waals surface area contributed by atoms with Gasteiger partial charge in [0.1, 0.15) is 12.4 Å². The van der Waals surface area contributed by atoms with Crippen LogP contribution in [0.4, 0.5) is 5.69 Å². The lowest BCUT2D eigenvalue weighted by atomic mass is 10.1. The van der Waals surface area contributed by atoms with Gasteiger partial charge < -0.3 is 10.1 Å². The van der Waals surface area contributed by atoms with E-state index < -0.39 is 0 Å². The second kappa shape index (κ2) is 8.41. The second-order valence-corrected chi connectivity index (χ2v) is 7.18. The molecule has 0 fully saturated rings. The molecule has 0 aliphatic carbocycles. The van der Waals surface area contributed by atoms with Crippen LogP contribution >= 0.6 is 27.5 Å². The number of benzene rings is 3. The number of hydrogen-bond donors (Lipinski definition) is 1. The van der Waals surface area contributed by atoms with Crippen molar-refractivity contribution in [3.63, 3.8) is 0 Å². The molecule has 0 aliphatic rings. The fourth-order valence-corrected chi connectivity index (χ4v) is 3.05. The van der Waals surface area contributed by atoms with Crippen LogP contribution in [-0.2, 0) is 13.2 Å². The van der Waals surface area contributed by atoms with Crippen molar-refractivity contribution >= 4 is 33.2 Å². The Morgan fingerprint density at radius 1 is 0.960 bits per heavy atom. The molecule has 0 aromatic heterocycles. The molecule has 0 unspecified atom stereocenters. The quantitative estimate of drug-likeness (QED) is 0.488. The van der Waals surface area contributed by atoms with Gasteiger partial charge in [0.05, 0.1) is 0 Å². The van der Waals surface area contributed by atoms with Gasteiger partial charge in [0.25, 0.3) is 0 Å². The Labute approximate surface area is 161 Å². The summed E-state index contributed by atoms with van der Waals surface area (Å²) in [5.41, 5.74) is 4.55. The van der Waals surface area contributed by atoms with Crippen molar-refractivity contribution in [2.24, 2.45) is 0 Å². The fourth-order valence-electron chi connectivity index (χ4n) is 2.52. The summed E-state index contributed by atoms with van der Waals surface area (Å²) in [6, 6.07) is 22.0. The highest BCUT2D eigenvalue weighted by molar-refractivity contribution is 9.10. The van der Waals surface area contributed by atoms with E-state index in [0.29, 0.717) is 13.2 Å². The Balaban J connectivity index is 1.71. The Morgan fingerprint density at radius 3 is 2.48 bits per heavy atom. The van der Waals surface area contributed by atoms with Gasteiger partial charge in [-0.15, -0.1) is 0 Å². The van der Waals surface area contributed by atoms with E-state index >= 15 is 0 Å². The average Bonchev–Trinajstić information content (AvgIpc) is 2.62. The van der Waals surface area contributed by atoms with Crippen molar-refractivity contribution in [1.82, 2.24) is 0 Å². The molecule has 0 spiro atoms. The van der Waals surface area contributed by atoms with Crippen LogP contribution < -0.4 is 10.1 Å². The molecule has 1 N–H and O–H groups in total. The van der Waals surface area contributed by atoms with E-state index in [1.165, 1.54) is 11.1 Å². The Morgan fingerprint density at radius 2 is 1.72 bits per heavy atom. The highest BCUT2D eigenvalue weighted by Gasteiger charge is 2.07. The third-order valence-electron chi connectivity index (χ3n) is 3.99. The van der Waals surface area contributed by atoms with Gasteiger partial charge >= 0.3 is 0 Å². The van der Waals surface area contributed by atoms with E-state index in [1.807, 2.05) is 48.5 Å². The first-order chi connectivity index (χ1) is 12.1. The number of nitrogens with one attached hydrogen (secondary N) is 1. The van der Waals surface area contributed by atoms with Crippen LogP contribution in [0.25, 0.3) is 0 Å². The molecular formula is C21H19BrClNO. The summed E-state index contributed by atoms with van der Waals surface area (Å²) in [5, 5.41) is 4.14. The van der Waals surface area contributed by atoms with E-state index in [0.717, 1.165) is 26.5 Å². The molecule has 0 saturated carbocycles. The summed E-state index contributed by atoms with van der Waals surface area (Å²) in [4.78, 5) is 0. The highest BCUT2D eigenvalue weighted by atomic mass is 79.9. The smallest absolute Gasteiger partial charge is 0.124 e. The topological polar surface area (TPSA) is 21.3 Å². The molecule has 0 saturated heterocycles. The van der Waals surface area contributed by atoms with Gasteiger partial charge in [0.2, 0.25) is 0 Å². The lowest BCUT2D eigenvalue weighted by Gasteiger charge is -2.14. The third kappa shape index (κ3) is 5.00. The molecule has 128 valence electrons. The summed E-state index contributed by atoms with van der Waals surface area (Å²) in [6.07, 6.45) is 0. The van der Waals surface area contributed by atoms with Crippen LogP contribution in [0.1, 0.15) is 16.7 Å². The zero-order chi connectivity index (χ0) is 17.6. The fraction of sp³-hybridized carbons (Fsp3) is 0.143. The molecule has 2 nitrogen and oxygen atoms in total. The first-order valence-corrected chi connectivity index (χ1v) is 9.24. The molecule has 0 radical (unpaired) electrons. The molecule has 3 aromatic carbocycles. The molecule has 0 aliphatic heterocycles. The average molecular weight is 417 g/mol. The van der Waals surface area contributed by atoms with Crippen LogP contribution in [0, 0.1) is 6.92 Å². The van der Waals surface area contributed by atoms with E-state index in [1.54, 1.807) is 0 Å². The first kappa shape index (κ1) is 17.8. The van der Waals surface area contributed by atoms with Crippen molar-refractivity contribution < 1.29 is 4.74 Å². The third-order valence-corrected chi connectivity index (χ3v) is 4.74. The molecule has 4 heteroatoms. The Bertz CT molecular complexity index is 849. The van der Waals surface area contributed by atoms with Crippen LogP contribution in [0.2, 0.25) is 5.02 Å². The standard InChI is InChI=1S/C21H19BrClNO/c1-15-4-2-3-5-16(15)14-25-21-11-6-18(22)12-17(21)13-24-20-9-7-19(23)8-10-20/h2-12,24H,13-14H2,1H3. The minimum atomic E-state index is 0.558. The molecule has 0 heterocycles. The van der Waals surface area contributed by atoms with Gasteiger partial charge in [0, 0.05) is 27.3 Å². The number of rotatable bonds is 6. The van der Waals surface area contributed by atoms with Gasteiger partial charge in [0.15, 0.2) is 0 Å². The summed E-state index contributed by atoms with van der Waals surface area (Å²) < 4.78 is 7.12. The first-order valence-electron chi connectivity index (χ1n) is 8.07. The van der Waals surface area contributed by atoms with Crippen LogP contribution in [0.15, 0.2) is 71.2 Å². The van der Waals surface area contributed by atoms with Gasteiger partial charge in [-0.1, -0.05) is 51.8 Å². The normalized spacial score (nSPS) is 10.5. The zero-order valence-corrected chi connectivity index (χ0v) is 16.3. The second-order valence-electron chi connectivity index (χ2n) is 5.83. The van der Waals surface area contributed by atoms with E-state index in [2.05, 4.69) is 46.4 Å². The predicted octanol–water partition coefficient (Wildman–Crippen LogP) is 6.60. The minimum absolute atomic E-state index is 0.558. The Hall–Kier alpha value is -1.97. The predicted molar refractivity (Wildman–Crippen MR) is 108 cm³/mol. The molecule has 3 aromatic rings. The summed E-state index contributed by atoms with van der Waals surface area (Å²) in [5.74, 6) is 0.882. The molecule has 25 heavy (non-hydrogen) atoms. The monoisotopic (exact) mass is 415 g/mol. The van der Waals surface area contributed by atoms with Crippen molar-refractivity contribution in [2.45, 2.75) is 20.1 Å². The highest BCUT2D eigenvalue weighted by Crippen LogP contribution is 2.26. The van der Waals surface area contributed by atoms with Crippen LogP contribution in [0.5, 0.6) is 5.75 Å². The Kier molecular flexibility index (Phi) is 6.00. The maximum absolute atomic E-state index is 6.08. The van der Waals surface area contributed by atoms with Crippen LogP contribution in [-0.4, -0.2) is 0 Å². The van der Waals surface area contributed by atoms with E-state index in [-0.39, 0.29) is 0 Å². The molecule has 0 amide bonds. The van der Waals surface area contributed by atoms with Gasteiger partial charge in [-0.2, -0.15) is 0 Å². The number of anilines is 1. The van der Waals surface area contributed by atoms with Crippen molar-refractivity contribution in [1.29, 1.82) is 0 Å². The van der Waals surface area contributed by atoms with Crippen molar-refractivity contribution in [3.8, 4) is 5.75 Å². The molecule has 3 rings (SSSR count). The van der Waals surface area contributed by atoms with Gasteiger partial charge in [-0.3, -0.25) is 0 Å². The van der Waals surface area contributed by atoms with E-state index in [4.69, 9.17) is 16.3 Å². The molecule has 0 atom stereocenters. The maximum Gasteiger partial charge on any atom is 0.124 e. The molecule has 0 bridgehead atoms. The SMILES string of the molecule is Cc1ccccc1COc1ccc(Br)cc1CNc1ccc(Cl)cc1. The van der Waals surface area contributed by atoms with Crippen molar-refractivity contribution in [3.05, 3.63) is 92.9 Å². The number of halogens is 2. The minimum Gasteiger partial charge on any atom is -0.489 e. The van der Waals surface area contributed by atoms with Gasteiger partial charge in [-0.25, -0.2) is 0 Å². The lowest BCUT2D eigenvalue weighted by molar-refractivity contribution is 0.302. The van der Waals surface area contributed by atoms with Crippen molar-refractivity contribution in [2.75, 3.05) is 5.32 Å².